The molecule has 1 N–H and O–H groups in total. The van der Waals surface area contributed by atoms with Gasteiger partial charge in [-0.15, -0.1) is 0 Å². The van der Waals surface area contributed by atoms with E-state index in [-0.39, 0.29) is 11.8 Å². The number of nitrogens with zero attached hydrogens (tertiary/aromatic N) is 3. The first kappa shape index (κ1) is 20.6. The van der Waals surface area contributed by atoms with Gasteiger partial charge in [0.2, 0.25) is 17.6 Å². The minimum atomic E-state index is -0.0603. The van der Waals surface area contributed by atoms with Gasteiger partial charge in [-0.2, -0.15) is 4.98 Å². The average Bonchev–Trinajstić information content (AvgIpc) is 3.16. The number of amides is 1. The van der Waals surface area contributed by atoms with E-state index in [4.69, 9.17) is 16.1 Å². The van der Waals surface area contributed by atoms with Crippen LogP contribution in [0.4, 0.5) is 5.69 Å². The molecule has 0 radical (unpaired) electrons. The highest BCUT2D eigenvalue weighted by molar-refractivity contribution is 6.30. The fourth-order valence-electron chi connectivity index (χ4n) is 3.96. The van der Waals surface area contributed by atoms with Gasteiger partial charge in [0.1, 0.15) is 0 Å². The lowest BCUT2D eigenvalue weighted by Crippen LogP contribution is -2.40. The van der Waals surface area contributed by atoms with Crippen molar-refractivity contribution in [1.82, 2.24) is 15.0 Å². The Labute approximate surface area is 181 Å². The fourth-order valence-corrected chi connectivity index (χ4v) is 4.15. The third-order valence-corrected chi connectivity index (χ3v) is 5.51. The quantitative estimate of drug-likeness (QED) is 0.633. The van der Waals surface area contributed by atoms with Crippen molar-refractivity contribution < 1.29 is 9.32 Å². The second-order valence-electron chi connectivity index (χ2n) is 7.96. The molecule has 7 heteroatoms. The predicted octanol–water partition coefficient (Wildman–Crippen LogP) is 4.86. The number of benzene rings is 2. The number of hydrogen-bond acceptors (Lipinski definition) is 5. The molecule has 30 heavy (non-hydrogen) atoms. The smallest absolute Gasteiger partial charge is 0.241 e. The van der Waals surface area contributed by atoms with E-state index >= 15 is 0 Å². The minimum Gasteiger partial charge on any atom is -0.338 e. The number of nitrogens with one attached hydrogen (secondary N) is 1. The van der Waals surface area contributed by atoms with E-state index < -0.39 is 0 Å². The van der Waals surface area contributed by atoms with Crippen LogP contribution < -0.4 is 5.32 Å². The highest BCUT2D eigenvalue weighted by Gasteiger charge is 2.27. The van der Waals surface area contributed by atoms with Crippen LogP contribution in [-0.2, 0) is 11.3 Å². The van der Waals surface area contributed by atoms with Crippen LogP contribution in [-0.4, -0.2) is 34.0 Å². The van der Waals surface area contributed by atoms with E-state index in [1.54, 1.807) is 0 Å². The Bertz CT molecular complexity index is 1030. The van der Waals surface area contributed by atoms with Gasteiger partial charge < -0.3 is 9.84 Å². The summed E-state index contributed by atoms with van der Waals surface area (Å²) in [6.45, 7) is 6.18. The number of hydrogen-bond donors (Lipinski definition) is 1. The number of rotatable bonds is 5. The van der Waals surface area contributed by atoms with Gasteiger partial charge >= 0.3 is 0 Å². The van der Waals surface area contributed by atoms with Crippen molar-refractivity contribution >= 4 is 23.2 Å². The number of carbonyl (C=O) groups is 1. The minimum absolute atomic E-state index is 0.0603. The summed E-state index contributed by atoms with van der Waals surface area (Å²) in [6.07, 6.45) is 1.84. The topological polar surface area (TPSA) is 71.3 Å². The number of aryl methyl sites for hydroxylation is 2. The first-order chi connectivity index (χ1) is 14.5. The largest absolute Gasteiger partial charge is 0.338 e. The zero-order valence-electron chi connectivity index (χ0n) is 17.2. The molecule has 0 spiro atoms. The molecule has 2 aromatic carbocycles. The van der Waals surface area contributed by atoms with Crippen LogP contribution in [0, 0.1) is 19.8 Å². The zero-order chi connectivity index (χ0) is 21.1. The lowest BCUT2D eigenvalue weighted by molar-refractivity contribution is -0.121. The summed E-state index contributed by atoms with van der Waals surface area (Å²) in [5.74, 6) is 1.07. The monoisotopic (exact) mass is 424 g/mol. The van der Waals surface area contributed by atoms with Gasteiger partial charge in [0.25, 0.3) is 0 Å². The maximum Gasteiger partial charge on any atom is 0.241 e. The number of likely N-dealkylation sites (tertiary alicyclic amines) is 1. The highest BCUT2D eigenvalue weighted by atomic mass is 35.5. The second-order valence-corrected chi connectivity index (χ2v) is 8.40. The molecular formula is C23H25ClN4O2. The Morgan fingerprint density at radius 1 is 1.23 bits per heavy atom. The molecule has 156 valence electrons. The molecular weight excluding hydrogens is 400 g/mol. The maximum atomic E-state index is 12.8. The first-order valence-corrected chi connectivity index (χ1v) is 10.5. The van der Waals surface area contributed by atoms with E-state index in [1.807, 2.05) is 50.2 Å². The second kappa shape index (κ2) is 8.98. The zero-order valence-corrected chi connectivity index (χ0v) is 17.9. The summed E-state index contributed by atoms with van der Waals surface area (Å²) in [5, 5.41) is 7.78. The van der Waals surface area contributed by atoms with Crippen molar-refractivity contribution in [3.05, 3.63) is 64.5 Å². The third kappa shape index (κ3) is 5.07. The van der Waals surface area contributed by atoms with Crippen molar-refractivity contribution in [2.24, 2.45) is 5.92 Å². The Kier molecular flexibility index (Phi) is 6.16. The van der Waals surface area contributed by atoms with E-state index in [0.29, 0.717) is 29.8 Å². The van der Waals surface area contributed by atoms with E-state index in [9.17, 15) is 4.79 Å². The molecule has 1 atom stereocenters. The lowest BCUT2D eigenvalue weighted by atomic mass is 9.97. The molecule has 0 saturated carbocycles. The molecule has 1 unspecified atom stereocenters. The van der Waals surface area contributed by atoms with Crippen LogP contribution in [0.3, 0.4) is 0 Å². The molecule has 1 aromatic heterocycles. The summed E-state index contributed by atoms with van der Waals surface area (Å²) in [4.78, 5) is 19.5. The van der Waals surface area contributed by atoms with Gasteiger partial charge in [-0.25, -0.2) is 0 Å². The van der Waals surface area contributed by atoms with E-state index in [2.05, 4.69) is 26.4 Å². The van der Waals surface area contributed by atoms with Crippen molar-refractivity contribution in [3.8, 4) is 11.4 Å². The van der Waals surface area contributed by atoms with Gasteiger partial charge in [-0.3, -0.25) is 9.69 Å². The van der Waals surface area contributed by atoms with Crippen LogP contribution in [0.1, 0.15) is 29.9 Å². The Hall–Kier alpha value is -2.70. The van der Waals surface area contributed by atoms with Crippen molar-refractivity contribution in [2.45, 2.75) is 33.2 Å². The molecule has 0 aliphatic carbocycles. The number of piperidine rings is 1. The van der Waals surface area contributed by atoms with Crippen LogP contribution >= 0.6 is 11.6 Å². The van der Waals surface area contributed by atoms with Crippen molar-refractivity contribution in [2.75, 3.05) is 18.4 Å². The van der Waals surface area contributed by atoms with E-state index in [1.165, 1.54) is 0 Å². The Morgan fingerprint density at radius 2 is 2.03 bits per heavy atom. The standard InChI is InChI=1S/C23H25ClN4O2/c1-15-9-16(2)11-20(10-15)25-23(29)18-6-4-8-28(13-18)14-21-26-22(27-30-21)17-5-3-7-19(24)12-17/h3,5,7,9-12,18H,4,6,8,13-14H2,1-2H3,(H,25,29). The molecule has 2 heterocycles. The molecule has 1 aliphatic rings. The summed E-state index contributed by atoms with van der Waals surface area (Å²) in [7, 11) is 0. The molecule has 6 nitrogen and oxygen atoms in total. The maximum absolute atomic E-state index is 12.8. The summed E-state index contributed by atoms with van der Waals surface area (Å²) in [6, 6.07) is 13.5. The average molecular weight is 425 g/mol. The van der Waals surface area contributed by atoms with Gasteiger partial charge in [0.05, 0.1) is 12.5 Å². The van der Waals surface area contributed by atoms with E-state index in [0.717, 1.165) is 41.8 Å². The molecule has 3 aromatic rings. The molecule has 1 saturated heterocycles. The van der Waals surface area contributed by atoms with Crippen LogP contribution in [0.25, 0.3) is 11.4 Å². The SMILES string of the molecule is Cc1cc(C)cc(NC(=O)C2CCCN(Cc3nc(-c4cccc(Cl)c4)no3)C2)c1. The van der Waals surface area contributed by atoms with Crippen LogP contribution in [0.5, 0.6) is 0 Å². The number of aromatic nitrogens is 2. The van der Waals surface area contributed by atoms with Crippen molar-refractivity contribution in [1.29, 1.82) is 0 Å². The lowest BCUT2D eigenvalue weighted by Gasteiger charge is -2.30. The molecule has 4 rings (SSSR count). The van der Waals surface area contributed by atoms with Crippen LogP contribution in [0.15, 0.2) is 47.0 Å². The summed E-state index contributed by atoms with van der Waals surface area (Å²) >= 11 is 6.05. The Balaban J connectivity index is 1.38. The third-order valence-electron chi connectivity index (χ3n) is 5.28. The summed E-state index contributed by atoms with van der Waals surface area (Å²) < 4.78 is 5.43. The van der Waals surface area contributed by atoms with Gasteiger partial charge in [0.15, 0.2) is 0 Å². The van der Waals surface area contributed by atoms with Crippen molar-refractivity contribution in [3.63, 3.8) is 0 Å². The predicted molar refractivity (Wildman–Crippen MR) is 117 cm³/mol. The number of carbonyl (C=O) groups excluding carboxylic acids is 1. The number of halogens is 1. The fraction of sp³-hybridized carbons (Fsp3) is 0.348. The molecule has 1 fully saturated rings. The molecule has 1 aliphatic heterocycles. The molecule has 1 amide bonds. The van der Waals surface area contributed by atoms with Crippen LogP contribution in [0.2, 0.25) is 5.02 Å². The first-order valence-electron chi connectivity index (χ1n) is 10.2. The van der Waals surface area contributed by atoms with Gasteiger partial charge in [-0.05, 0) is 68.6 Å². The number of anilines is 1. The highest BCUT2D eigenvalue weighted by Crippen LogP contribution is 2.23. The normalized spacial score (nSPS) is 17.1. The Morgan fingerprint density at radius 3 is 2.80 bits per heavy atom. The van der Waals surface area contributed by atoms with Gasteiger partial charge in [0, 0.05) is 22.8 Å². The van der Waals surface area contributed by atoms with Gasteiger partial charge in [-0.1, -0.05) is 35.0 Å². The summed E-state index contributed by atoms with van der Waals surface area (Å²) in [5.41, 5.74) is 3.96. The molecule has 0 bridgehead atoms.